The molecule has 1 aromatic rings. The molecule has 1 fully saturated rings. The van der Waals surface area contributed by atoms with Gasteiger partial charge in [0, 0.05) is 24.2 Å². The van der Waals surface area contributed by atoms with Crippen molar-refractivity contribution < 1.29 is 0 Å². The highest BCUT2D eigenvalue weighted by molar-refractivity contribution is 7.99. The maximum atomic E-state index is 5.79. The topological polar surface area (TPSA) is 16.1 Å². The van der Waals surface area contributed by atoms with E-state index in [1.54, 1.807) is 11.3 Å². The van der Waals surface area contributed by atoms with Gasteiger partial charge in [-0.15, -0.1) is 11.3 Å². The summed E-state index contributed by atoms with van der Waals surface area (Å²) in [4.78, 5) is 6.61. The normalized spacial score (nSPS) is 18.7. The predicted molar refractivity (Wildman–Crippen MR) is 61.3 cm³/mol. The molecule has 1 aliphatic heterocycles. The van der Waals surface area contributed by atoms with E-state index in [2.05, 4.69) is 9.88 Å². The molecule has 2 rings (SSSR count). The van der Waals surface area contributed by atoms with E-state index in [-0.39, 0.29) is 0 Å². The van der Waals surface area contributed by atoms with Crippen molar-refractivity contribution in [3.05, 3.63) is 10.5 Å². The fraction of sp³-hybridized carbons (Fsp3) is 0.625. The average Bonchev–Trinajstić information content (AvgIpc) is 2.43. The summed E-state index contributed by atoms with van der Waals surface area (Å²) in [6.07, 6.45) is 1.25. The van der Waals surface area contributed by atoms with Gasteiger partial charge >= 0.3 is 0 Å². The van der Waals surface area contributed by atoms with E-state index in [9.17, 15) is 0 Å². The van der Waals surface area contributed by atoms with Gasteiger partial charge in [0.2, 0.25) is 0 Å². The number of hydrogen-bond donors (Lipinski definition) is 0. The molecule has 13 heavy (non-hydrogen) atoms. The standard InChI is InChI=1S/C8H11ClN2S2/c9-7-6-13-8(10-7)11-2-1-4-12-5-3-11/h6H,1-5H2. The van der Waals surface area contributed by atoms with E-state index < -0.39 is 0 Å². The van der Waals surface area contributed by atoms with E-state index in [4.69, 9.17) is 11.6 Å². The Hall–Kier alpha value is 0.0700. The number of nitrogens with zero attached hydrogens (tertiary/aromatic N) is 2. The molecule has 0 radical (unpaired) electrons. The van der Waals surface area contributed by atoms with Gasteiger partial charge in [-0.2, -0.15) is 11.8 Å². The Morgan fingerprint density at radius 1 is 1.38 bits per heavy atom. The zero-order valence-electron chi connectivity index (χ0n) is 7.20. The summed E-state index contributed by atoms with van der Waals surface area (Å²) in [6.45, 7) is 2.23. The zero-order valence-corrected chi connectivity index (χ0v) is 9.59. The molecule has 1 aliphatic rings. The molecule has 1 saturated heterocycles. The van der Waals surface area contributed by atoms with Gasteiger partial charge in [-0.05, 0) is 12.2 Å². The first-order valence-electron chi connectivity index (χ1n) is 4.30. The molecular weight excluding hydrogens is 224 g/mol. The summed E-state index contributed by atoms with van der Waals surface area (Å²) in [5.41, 5.74) is 0. The van der Waals surface area contributed by atoms with Crippen molar-refractivity contribution in [2.75, 3.05) is 29.5 Å². The van der Waals surface area contributed by atoms with Crippen LogP contribution in [0.4, 0.5) is 5.13 Å². The van der Waals surface area contributed by atoms with Crippen molar-refractivity contribution in [1.29, 1.82) is 0 Å². The molecule has 0 aromatic carbocycles. The van der Waals surface area contributed by atoms with Crippen molar-refractivity contribution in [2.45, 2.75) is 6.42 Å². The highest BCUT2D eigenvalue weighted by atomic mass is 35.5. The van der Waals surface area contributed by atoms with E-state index in [1.165, 1.54) is 17.9 Å². The van der Waals surface area contributed by atoms with Crippen LogP contribution in [0.25, 0.3) is 0 Å². The largest absolute Gasteiger partial charge is 0.347 e. The molecule has 0 amide bonds. The van der Waals surface area contributed by atoms with Gasteiger partial charge in [-0.3, -0.25) is 0 Å². The zero-order chi connectivity index (χ0) is 9.10. The van der Waals surface area contributed by atoms with Crippen molar-refractivity contribution >= 4 is 39.8 Å². The molecule has 1 aromatic heterocycles. The van der Waals surface area contributed by atoms with Crippen molar-refractivity contribution in [1.82, 2.24) is 4.98 Å². The summed E-state index contributed by atoms with van der Waals surface area (Å²) in [6, 6.07) is 0. The van der Waals surface area contributed by atoms with Gasteiger partial charge in [-0.25, -0.2) is 4.98 Å². The second-order valence-corrected chi connectivity index (χ2v) is 5.35. The molecule has 0 spiro atoms. The highest BCUT2D eigenvalue weighted by Gasteiger charge is 2.12. The Morgan fingerprint density at radius 3 is 3.08 bits per heavy atom. The number of rotatable bonds is 1. The molecule has 0 saturated carbocycles. The smallest absolute Gasteiger partial charge is 0.186 e. The summed E-state index contributed by atoms with van der Waals surface area (Å²) in [5, 5.41) is 3.60. The van der Waals surface area contributed by atoms with Crippen LogP contribution in [-0.4, -0.2) is 29.6 Å². The third-order valence-electron chi connectivity index (χ3n) is 1.96. The second-order valence-electron chi connectivity index (χ2n) is 2.91. The first kappa shape index (κ1) is 9.62. The molecule has 5 heteroatoms. The van der Waals surface area contributed by atoms with Gasteiger partial charge in [0.25, 0.3) is 0 Å². The maximum absolute atomic E-state index is 5.79. The van der Waals surface area contributed by atoms with E-state index >= 15 is 0 Å². The molecular formula is C8H11ClN2S2. The average molecular weight is 235 g/mol. The van der Waals surface area contributed by atoms with E-state index in [1.807, 2.05) is 17.1 Å². The molecule has 0 aliphatic carbocycles. The molecule has 0 unspecified atom stereocenters. The lowest BCUT2D eigenvalue weighted by Gasteiger charge is -2.17. The monoisotopic (exact) mass is 234 g/mol. The number of aromatic nitrogens is 1. The van der Waals surface area contributed by atoms with Crippen LogP contribution < -0.4 is 4.90 Å². The maximum Gasteiger partial charge on any atom is 0.186 e. The Balaban J connectivity index is 2.06. The second kappa shape index (κ2) is 4.53. The van der Waals surface area contributed by atoms with Gasteiger partial charge in [0.15, 0.2) is 5.13 Å². The van der Waals surface area contributed by atoms with Crippen LogP contribution in [0.3, 0.4) is 0 Å². The van der Waals surface area contributed by atoms with Crippen molar-refractivity contribution in [3.8, 4) is 0 Å². The predicted octanol–water partition coefficient (Wildman–Crippen LogP) is 2.74. The summed E-state index contributed by atoms with van der Waals surface area (Å²) in [5.74, 6) is 2.48. The molecule has 0 N–H and O–H groups in total. The van der Waals surface area contributed by atoms with Gasteiger partial charge < -0.3 is 4.90 Å². The molecule has 2 heterocycles. The minimum Gasteiger partial charge on any atom is -0.347 e. The lowest BCUT2D eigenvalue weighted by atomic mass is 10.4. The SMILES string of the molecule is Clc1csc(N2CCCSCC2)n1. The Kier molecular flexibility index (Phi) is 3.35. The summed E-state index contributed by atoms with van der Waals surface area (Å²) < 4.78 is 0. The third-order valence-corrected chi connectivity index (χ3v) is 4.23. The lowest BCUT2D eigenvalue weighted by molar-refractivity contribution is 0.812. The third kappa shape index (κ3) is 2.51. The Labute approximate surface area is 91.3 Å². The Morgan fingerprint density at radius 2 is 2.31 bits per heavy atom. The van der Waals surface area contributed by atoms with Crippen LogP contribution in [0.15, 0.2) is 5.38 Å². The summed E-state index contributed by atoms with van der Waals surface area (Å²) in [7, 11) is 0. The number of thioether (sulfide) groups is 1. The van der Waals surface area contributed by atoms with Crippen LogP contribution in [0.5, 0.6) is 0 Å². The first-order valence-corrected chi connectivity index (χ1v) is 6.71. The summed E-state index contributed by atoms with van der Waals surface area (Å²) >= 11 is 9.45. The Bertz CT molecular complexity index is 269. The van der Waals surface area contributed by atoms with Gasteiger partial charge in [0.1, 0.15) is 5.15 Å². The first-order chi connectivity index (χ1) is 6.36. The fourth-order valence-electron chi connectivity index (χ4n) is 1.33. The molecule has 2 nitrogen and oxygen atoms in total. The lowest BCUT2D eigenvalue weighted by Crippen LogP contribution is -2.25. The number of anilines is 1. The van der Waals surface area contributed by atoms with Crippen molar-refractivity contribution in [3.63, 3.8) is 0 Å². The quantitative estimate of drug-likeness (QED) is 0.744. The van der Waals surface area contributed by atoms with Crippen LogP contribution in [-0.2, 0) is 0 Å². The van der Waals surface area contributed by atoms with Crippen LogP contribution in [0.1, 0.15) is 6.42 Å². The fourth-order valence-corrected chi connectivity index (χ4v) is 3.22. The number of hydrogen-bond acceptors (Lipinski definition) is 4. The minimum atomic E-state index is 0.622. The van der Waals surface area contributed by atoms with Crippen LogP contribution >= 0.6 is 34.7 Å². The molecule has 72 valence electrons. The molecule has 0 bridgehead atoms. The van der Waals surface area contributed by atoms with E-state index in [0.717, 1.165) is 18.2 Å². The van der Waals surface area contributed by atoms with E-state index in [0.29, 0.717) is 5.15 Å². The molecule has 0 atom stereocenters. The van der Waals surface area contributed by atoms with Crippen LogP contribution in [0, 0.1) is 0 Å². The van der Waals surface area contributed by atoms with Crippen LogP contribution in [0.2, 0.25) is 5.15 Å². The number of thiazole rings is 1. The van der Waals surface area contributed by atoms with Gasteiger partial charge in [-0.1, -0.05) is 11.6 Å². The minimum absolute atomic E-state index is 0.622. The highest BCUT2D eigenvalue weighted by Crippen LogP contribution is 2.25. The van der Waals surface area contributed by atoms with Gasteiger partial charge in [0.05, 0.1) is 0 Å². The number of halogens is 1. The van der Waals surface area contributed by atoms with Crippen molar-refractivity contribution in [2.24, 2.45) is 0 Å².